The molecule has 0 amide bonds. The number of hydrogen-bond donors (Lipinski definition) is 2. The van der Waals surface area contributed by atoms with Crippen LogP contribution in [0.5, 0.6) is 5.75 Å². The average Bonchev–Trinajstić information content (AvgIpc) is 2.65. The van der Waals surface area contributed by atoms with E-state index in [2.05, 4.69) is 46.8 Å². The predicted molar refractivity (Wildman–Crippen MR) is 108 cm³/mol. The molecule has 2 aromatic rings. The van der Waals surface area contributed by atoms with Crippen molar-refractivity contribution in [2.45, 2.75) is 19.5 Å². The summed E-state index contributed by atoms with van der Waals surface area (Å²) in [5, 5.41) is 7.19. The van der Waals surface area contributed by atoms with Crippen molar-refractivity contribution in [2.75, 3.05) is 27.2 Å². The molecule has 0 spiro atoms. The van der Waals surface area contributed by atoms with Gasteiger partial charge in [0.2, 0.25) is 0 Å². The molecule has 0 aliphatic rings. The second-order valence-corrected chi connectivity index (χ2v) is 6.44. The highest BCUT2D eigenvalue weighted by Gasteiger charge is 2.01. The van der Waals surface area contributed by atoms with Crippen LogP contribution < -0.4 is 15.4 Å². The Balaban J connectivity index is 1.57. The fourth-order valence-corrected chi connectivity index (χ4v) is 2.69. The van der Waals surface area contributed by atoms with E-state index in [4.69, 9.17) is 17.0 Å². The van der Waals surface area contributed by atoms with Gasteiger partial charge >= 0.3 is 0 Å². The molecule has 0 aliphatic heterocycles. The van der Waals surface area contributed by atoms with E-state index in [1.165, 1.54) is 11.1 Å². The number of nitrogens with zero attached hydrogens (tertiary/aromatic N) is 1. The highest BCUT2D eigenvalue weighted by molar-refractivity contribution is 7.80. The SMILES string of the molecule is COc1ccc(CNC(=S)NCCCN(C)Cc2ccccc2)cc1. The Morgan fingerprint density at radius 1 is 1.00 bits per heavy atom. The molecular weight excluding hydrogens is 330 g/mol. The van der Waals surface area contributed by atoms with Gasteiger partial charge in [0.15, 0.2) is 5.11 Å². The van der Waals surface area contributed by atoms with E-state index < -0.39 is 0 Å². The molecule has 2 aromatic carbocycles. The lowest BCUT2D eigenvalue weighted by Gasteiger charge is -2.17. The van der Waals surface area contributed by atoms with Gasteiger partial charge in [0.05, 0.1) is 7.11 Å². The van der Waals surface area contributed by atoms with E-state index in [0.717, 1.165) is 31.8 Å². The Labute approximate surface area is 156 Å². The molecule has 0 saturated heterocycles. The smallest absolute Gasteiger partial charge is 0.166 e. The fourth-order valence-electron chi connectivity index (χ4n) is 2.51. The van der Waals surface area contributed by atoms with Crippen molar-refractivity contribution in [3.05, 3.63) is 65.7 Å². The van der Waals surface area contributed by atoms with Gasteiger partial charge in [0.1, 0.15) is 5.75 Å². The Morgan fingerprint density at radius 3 is 2.40 bits per heavy atom. The normalized spacial score (nSPS) is 10.5. The Kier molecular flexibility index (Phi) is 8.22. The lowest BCUT2D eigenvalue weighted by Crippen LogP contribution is -2.36. The first-order valence-corrected chi connectivity index (χ1v) is 8.95. The number of hydrogen-bond acceptors (Lipinski definition) is 3. The summed E-state index contributed by atoms with van der Waals surface area (Å²) >= 11 is 5.33. The van der Waals surface area contributed by atoms with Crippen molar-refractivity contribution in [3.63, 3.8) is 0 Å². The van der Waals surface area contributed by atoms with Gasteiger partial charge in [-0.15, -0.1) is 0 Å². The minimum atomic E-state index is 0.696. The summed E-state index contributed by atoms with van der Waals surface area (Å²) in [4.78, 5) is 2.32. The van der Waals surface area contributed by atoms with Gasteiger partial charge in [-0.05, 0) is 55.5 Å². The molecule has 2 rings (SSSR count). The molecular formula is C20H27N3OS. The highest BCUT2D eigenvalue weighted by Crippen LogP contribution is 2.10. The molecule has 0 atom stereocenters. The van der Waals surface area contributed by atoms with Crippen LogP contribution in [0.3, 0.4) is 0 Å². The summed E-state index contributed by atoms with van der Waals surface area (Å²) in [6, 6.07) is 18.5. The number of nitrogens with one attached hydrogen (secondary N) is 2. The van der Waals surface area contributed by atoms with Crippen LogP contribution in [-0.2, 0) is 13.1 Å². The van der Waals surface area contributed by atoms with E-state index in [1.807, 2.05) is 30.3 Å². The Bertz CT molecular complexity index is 631. The molecule has 0 heterocycles. The molecule has 2 N–H and O–H groups in total. The topological polar surface area (TPSA) is 36.5 Å². The number of methoxy groups -OCH3 is 1. The summed E-state index contributed by atoms with van der Waals surface area (Å²) in [5.74, 6) is 0.865. The van der Waals surface area contributed by atoms with Crippen LogP contribution >= 0.6 is 12.2 Å². The lowest BCUT2D eigenvalue weighted by atomic mass is 10.2. The van der Waals surface area contributed by atoms with Gasteiger partial charge in [0, 0.05) is 19.6 Å². The highest BCUT2D eigenvalue weighted by atomic mass is 32.1. The van der Waals surface area contributed by atoms with Crippen LogP contribution in [0.4, 0.5) is 0 Å². The minimum Gasteiger partial charge on any atom is -0.497 e. The number of benzene rings is 2. The summed E-state index contributed by atoms with van der Waals surface area (Å²) in [5.41, 5.74) is 2.52. The molecule has 25 heavy (non-hydrogen) atoms. The fraction of sp³-hybridized carbons (Fsp3) is 0.350. The van der Waals surface area contributed by atoms with Gasteiger partial charge in [-0.1, -0.05) is 42.5 Å². The average molecular weight is 358 g/mol. The maximum absolute atomic E-state index is 5.33. The van der Waals surface area contributed by atoms with Crippen molar-refractivity contribution in [2.24, 2.45) is 0 Å². The summed E-state index contributed by atoms with van der Waals surface area (Å²) in [6.45, 7) is 3.58. The molecule has 0 bridgehead atoms. The first kappa shape index (κ1) is 19.2. The van der Waals surface area contributed by atoms with Gasteiger partial charge in [-0.25, -0.2) is 0 Å². The van der Waals surface area contributed by atoms with Gasteiger partial charge in [0.25, 0.3) is 0 Å². The summed E-state index contributed by atoms with van der Waals surface area (Å²) in [7, 11) is 3.82. The number of ether oxygens (including phenoxy) is 1. The Morgan fingerprint density at radius 2 is 1.72 bits per heavy atom. The van der Waals surface area contributed by atoms with E-state index >= 15 is 0 Å². The summed E-state index contributed by atoms with van der Waals surface area (Å²) in [6.07, 6.45) is 1.05. The first-order valence-electron chi connectivity index (χ1n) is 8.54. The quantitative estimate of drug-likeness (QED) is 0.532. The molecule has 4 nitrogen and oxygen atoms in total. The van der Waals surface area contributed by atoms with Crippen LogP contribution in [-0.4, -0.2) is 37.3 Å². The molecule has 0 fully saturated rings. The van der Waals surface area contributed by atoms with Crippen LogP contribution in [0.1, 0.15) is 17.5 Å². The van der Waals surface area contributed by atoms with E-state index in [0.29, 0.717) is 11.7 Å². The minimum absolute atomic E-state index is 0.696. The molecule has 134 valence electrons. The molecule has 0 aliphatic carbocycles. The van der Waals surface area contributed by atoms with Crippen molar-refractivity contribution in [1.82, 2.24) is 15.5 Å². The Hall–Kier alpha value is -2.11. The van der Waals surface area contributed by atoms with Crippen molar-refractivity contribution < 1.29 is 4.74 Å². The largest absolute Gasteiger partial charge is 0.497 e. The molecule has 0 unspecified atom stereocenters. The zero-order chi connectivity index (χ0) is 17.9. The maximum Gasteiger partial charge on any atom is 0.166 e. The maximum atomic E-state index is 5.33. The van der Waals surface area contributed by atoms with Crippen LogP contribution in [0.25, 0.3) is 0 Å². The van der Waals surface area contributed by atoms with E-state index in [9.17, 15) is 0 Å². The van der Waals surface area contributed by atoms with E-state index in [1.54, 1.807) is 7.11 Å². The lowest BCUT2D eigenvalue weighted by molar-refractivity contribution is 0.322. The van der Waals surface area contributed by atoms with Gasteiger partial charge in [-0.2, -0.15) is 0 Å². The monoisotopic (exact) mass is 357 g/mol. The van der Waals surface area contributed by atoms with E-state index in [-0.39, 0.29) is 0 Å². The third-order valence-corrected chi connectivity index (χ3v) is 4.20. The number of thiocarbonyl (C=S) groups is 1. The van der Waals surface area contributed by atoms with Crippen molar-refractivity contribution in [1.29, 1.82) is 0 Å². The van der Waals surface area contributed by atoms with Crippen LogP contribution in [0.15, 0.2) is 54.6 Å². The molecule has 0 radical (unpaired) electrons. The second kappa shape index (κ2) is 10.7. The van der Waals surface area contributed by atoms with Gasteiger partial charge < -0.3 is 20.3 Å². The van der Waals surface area contributed by atoms with Crippen LogP contribution in [0, 0.1) is 0 Å². The second-order valence-electron chi connectivity index (χ2n) is 6.03. The van der Waals surface area contributed by atoms with Crippen molar-refractivity contribution >= 4 is 17.3 Å². The van der Waals surface area contributed by atoms with Gasteiger partial charge in [-0.3, -0.25) is 0 Å². The predicted octanol–water partition coefficient (Wildman–Crippen LogP) is 3.18. The first-order chi connectivity index (χ1) is 12.2. The summed E-state index contributed by atoms with van der Waals surface area (Å²) < 4.78 is 5.15. The third kappa shape index (κ3) is 7.54. The zero-order valence-corrected chi connectivity index (χ0v) is 15.8. The molecule has 5 heteroatoms. The molecule has 0 saturated carbocycles. The standard InChI is InChI=1S/C20H27N3OS/c1-23(16-18-7-4-3-5-8-18)14-6-13-21-20(25)22-15-17-9-11-19(24-2)12-10-17/h3-5,7-12H,6,13-16H2,1-2H3,(H2,21,22,25). The molecule has 0 aromatic heterocycles. The number of rotatable bonds is 9. The van der Waals surface area contributed by atoms with Crippen molar-refractivity contribution in [3.8, 4) is 5.75 Å². The zero-order valence-electron chi connectivity index (χ0n) is 15.0. The third-order valence-electron chi connectivity index (χ3n) is 3.91. The van der Waals surface area contributed by atoms with Crippen LogP contribution in [0.2, 0.25) is 0 Å².